The molecule has 2 heterocycles. The first kappa shape index (κ1) is 28.5. The number of pyridine rings is 2. The highest BCUT2D eigenvalue weighted by molar-refractivity contribution is 7.92. The Morgan fingerprint density at radius 3 is 2.30 bits per heavy atom. The van der Waals surface area contributed by atoms with Gasteiger partial charge in [-0.3, -0.25) is 4.79 Å². The van der Waals surface area contributed by atoms with Gasteiger partial charge in [0.25, 0.3) is 0 Å². The molecule has 40 heavy (non-hydrogen) atoms. The molecule has 2 aromatic heterocycles. The van der Waals surface area contributed by atoms with Gasteiger partial charge in [0.05, 0.1) is 12.3 Å². The van der Waals surface area contributed by atoms with E-state index >= 15 is 0 Å². The molecule has 4 rings (SSSR count). The molecule has 1 atom stereocenters. The number of nitrogens with two attached hydrogens (primary N) is 1. The van der Waals surface area contributed by atoms with Crippen LogP contribution in [-0.2, 0) is 30.7 Å². The Morgan fingerprint density at radius 1 is 0.975 bits per heavy atom. The van der Waals surface area contributed by atoms with Gasteiger partial charge >= 0.3 is 5.97 Å². The Hall–Kier alpha value is -4.52. The lowest BCUT2D eigenvalue weighted by atomic mass is 9.98. The quantitative estimate of drug-likeness (QED) is 0.219. The van der Waals surface area contributed by atoms with Gasteiger partial charge in [-0.05, 0) is 66.9 Å². The molecular formula is C31H30N4O4S. The molecule has 2 aromatic carbocycles. The maximum Gasteiger partial charge on any atom is 0.325 e. The predicted molar refractivity (Wildman–Crippen MR) is 155 cm³/mol. The first-order chi connectivity index (χ1) is 19.3. The van der Waals surface area contributed by atoms with Gasteiger partial charge in [0, 0.05) is 18.2 Å². The number of anilines is 1. The third-order valence-corrected chi connectivity index (χ3v) is 8.31. The van der Waals surface area contributed by atoms with Crippen LogP contribution >= 0.6 is 0 Å². The van der Waals surface area contributed by atoms with E-state index in [1.807, 2.05) is 48.5 Å². The Balaban J connectivity index is 1.69. The summed E-state index contributed by atoms with van der Waals surface area (Å²) in [5.41, 5.74) is 10.5. The number of sulfone groups is 1. The molecule has 0 fully saturated rings. The van der Waals surface area contributed by atoms with Gasteiger partial charge in [0.1, 0.15) is 12.4 Å². The van der Waals surface area contributed by atoms with Crippen LogP contribution in [0.4, 0.5) is 5.82 Å². The van der Waals surface area contributed by atoms with Gasteiger partial charge in [0.2, 0.25) is 9.84 Å². The highest BCUT2D eigenvalue weighted by Gasteiger charge is 2.45. The number of nitrogens with zero attached hydrogens (tertiary/aromatic N) is 2. The van der Waals surface area contributed by atoms with E-state index in [1.165, 1.54) is 12.3 Å². The Kier molecular flexibility index (Phi) is 8.94. The Labute approximate surface area is 234 Å². The lowest BCUT2D eigenvalue weighted by Crippen LogP contribution is -2.47. The van der Waals surface area contributed by atoms with Crippen LogP contribution in [0.2, 0.25) is 0 Å². The first-order valence-corrected chi connectivity index (χ1v) is 14.2. The third kappa shape index (κ3) is 6.37. The van der Waals surface area contributed by atoms with Crippen LogP contribution in [0.25, 0.3) is 11.1 Å². The largest absolute Gasteiger partial charge is 0.465 e. The minimum atomic E-state index is -4.21. The number of carbonyl (C=O) groups is 1. The zero-order valence-corrected chi connectivity index (χ0v) is 23.1. The van der Waals surface area contributed by atoms with Crippen LogP contribution in [0.1, 0.15) is 30.7 Å². The van der Waals surface area contributed by atoms with Gasteiger partial charge in [-0.15, -0.1) is 5.92 Å². The topological polar surface area (TPSA) is 124 Å². The fourth-order valence-electron chi connectivity index (χ4n) is 4.17. The maximum atomic E-state index is 14.0. The molecule has 3 N–H and O–H groups in total. The molecule has 0 aliphatic heterocycles. The fraction of sp³-hybridized carbons (Fsp3) is 0.194. The average molecular weight is 555 g/mol. The summed E-state index contributed by atoms with van der Waals surface area (Å²) in [6.45, 7) is 3.64. The van der Waals surface area contributed by atoms with E-state index in [-0.39, 0.29) is 30.3 Å². The predicted octanol–water partition coefficient (Wildman–Crippen LogP) is 4.32. The van der Waals surface area contributed by atoms with Crippen LogP contribution in [0.5, 0.6) is 0 Å². The Morgan fingerprint density at radius 2 is 1.68 bits per heavy atom. The average Bonchev–Trinajstić information content (AvgIpc) is 2.98. The lowest BCUT2D eigenvalue weighted by Gasteiger charge is -2.29. The van der Waals surface area contributed by atoms with Gasteiger partial charge in [-0.1, -0.05) is 54.5 Å². The van der Waals surface area contributed by atoms with Crippen molar-refractivity contribution in [2.75, 3.05) is 18.5 Å². The van der Waals surface area contributed by atoms with E-state index in [4.69, 9.17) is 10.5 Å². The fourth-order valence-corrected chi connectivity index (χ4v) is 5.74. The second-order valence-electron chi connectivity index (χ2n) is 8.95. The zero-order valence-electron chi connectivity index (χ0n) is 22.3. The summed E-state index contributed by atoms with van der Waals surface area (Å²) >= 11 is 0. The van der Waals surface area contributed by atoms with Crippen molar-refractivity contribution in [3.8, 4) is 23.0 Å². The molecule has 0 spiro atoms. The van der Waals surface area contributed by atoms with Crippen molar-refractivity contribution < 1.29 is 17.9 Å². The number of esters is 1. The lowest BCUT2D eigenvalue weighted by molar-refractivity contribution is -0.140. The van der Waals surface area contributed by atoms with E-state index in [1.54, 1.807) is 44.2 Å². The number of aromatic nitrogens is 2. The summed E-state index contributed by atoms with van der Waals surface area (Å²) in [5.74, 6) is 5.75. The van der Waals surface area contributed by atoms with Gasteiger partial charge in [0.15, 0.2) is 9.90 Å². The van der Waals surface area contributed by atoms with E-state index < -0.39 is 20.7 Å². The first-order valence-electron chi connectivity index (χ1n) is 12.7. The molecule has 0 radical (unpaired) electrons. The number of hydrogen-bond donors (Lipinski definition) is 2. The smallest absolute Gasteiger partial charge is 0.325 e. The van der Waals surface area contributed by atoms with Crippen molar-refractivity contribution in [3.63, 3.8) is 0 Å². The van der Waals surface area contributed by atoms with Crippen LogP contribution in [0.3, 0.4) is 0 Å². The molecule has 0 aliphatic rings. The van der Waals surface area contributed by atoms with Crippen molar-refractivity contribution in [2.24, 2.45) is 5.73 Å². The van der Waals surface area contributed by atoms with Crippen molar-refractivity contribution in [1.29, 1.82) is 0 Å². The molecule has 1 unspecified atom stereocenters. The standard InChI is InChI=1S/C31H30N4O4S/c1-3-8-23-12-16-25(17-13-23)26-18-14-24(15-19-26)21-31(32,40(37,38)29-11-5-6-20-33-29)27-9-7-10-28(35-27)34-22-30(36)39-4-2/h5-7,9-20H,4,21-22,32H2,1-2H3,(H,34,35). The minimum Gasteiger partial charge on any atom is -0.465 e. The molecule has 0 saturated heterocycles. The van der Waals surface area contributed by atoms with Gasteiger partial charge in [-0.2, -0.15) is 0 Å². The van der Waals surface area contributed by atoms with E-state index in [9.17, 15) is 13.2 Å². The summed E-state index contributed by atoms with van der Waals surface area (Å²) in [6.07, 6.45) is 1.34. The molecule has 0 bridgehead atoms. The van der Waals surface area contributed by atoms with Crippen molar-refractivity contribution in [2.45, 2.75) is 30.2 Å². The molecule has 0 aliphatic carbocycles. The molecular weight excluding hydrogens is 524 g/mol. The number of nitrogens with one attached hydrogen (secondary N) is 1. The molecule has 8 nitrogen and oxygen atoms in total. The van der Waals surface area contributed by atoms with Crippen molar-refractivity contribution in [3.05, 3.63) is 108 Å². The van der Waals surface area contributed by atoms with Crippen LogP contribution < -0.4 is 11.1 Å². The van der Waals surface area contributed by atoms with Gasteiger partial charge < -0.3 is 15.8 Å². The second-order valence-corrected chi connectivity index (χ2v) is 11.1. The highest BCUT2D eigenvalue weighted by atomic mass is 32.2. The summed E-state index contributed by atoms with van der Waals surface area (Å²) in [7, 11) is -4.21. The summed E-state index contributed by atoms with van der Waals surface area (Å²) in [5, 5.41) is 2.72. The SMILES string of the molecule is CC#Cc1ccc(-c2ccc(CC(N)(c3cccc(NCC(=O)OCC)n3)S(=O)(=O)c3ccccn3)cc2)cc1. The highest BCUT2D eigenvalue weighted by Crippen LogP contribution is 2.34. The molecule has 4 aromatic rings. The van der Waals surface area contributed by atoms with E-state index in [2.05, 4.69) is 27.1 Å². The maximum absolute atomic E-state index is 14.0. The van der Waals surface area contributed by atoms with Crippen LogP contribution in [0, 0.1) is 11.8 Å². The molecule has 204 valence electrons. The third-order valence-electron chi connectivity index (χ3n) is 6.20. The number of carbonyl (C=O) groups excluding carboxylic acids is 1. The van der Waals surface area contributed by atoms with Gasteiger partial charge in [-0.25, -0.2) is 18.4 Å². The van der Waals surface area contributed by atoms with Crippen molar-refractivity contribution in [1.82, 2.24) is 9.97 Å². The second kappa shape index (κ2) is 12.6. The number of benzene rings is 2. The number of hydrogen-bond acceptors (Lipinski definition) is 8. The van der Waals surface area contributed by atoms with Crippen LogP contribution in [-0.4, -0.2) is 37.5 Å². The summed E-state index contributed by atoms with van der Waals surface area (Å²) in [6, 6.07) is 24.9. The molecule has 0 saturated carbocycles. The van der Waals surface area contributed by atoms with Crippen LogP contribution in [0.15, 0.2) is 96.2 Å². The molecule has 0 amide bonds. The normalized spacial score (nSPS) is 12.5. The zero-order chi connectivity index (χ0) is 28.6. The van der Waals surface area contributed by atoms with E-state index in [0.29, 0.717) is 11.4 Å². The Bertz CT molecular complexity index is 1630. The minimum absolute atomic E-state index is 0.0639. The number of ether oxygens (including phenoxy) is 1. The number of rotatable bonds is 10. The molecule has 9 heteroatoms. The van der Waals surface area contributed by atoms with Crippen molar-refractivity contribution >= 4 is 21.6 Å². The van der Waals surface area contributed by atoms with E-state index in [0.717, 1.165) is 16.7 Å². The summed E-state index contributed by atoms with van der Waals surface area (Å²) in [4.78, 5) is 18.4. The monoisotopic (exact) mass is 554 g/mol. The summed E-state index contributed by atoms with van der Waals surface area (Å²) < 4.78 is 32.9.